The average Bonchev–Trinajstić information content (AvgIpc) is 2.65. The van der Waals surface area contributed by atoms with Crippen LogP contribution in [0.3, 0.4) is 0 Å². The predicted octanol–water partition coefficient (Wildman–Crippen LogP) is 1.93. The van der Waals surface area contributed by atoms with E-state index in [1.165, 1.54) is 0 Å². The Labute approximate surface area is 153 Å². The molecule has 0 amide bonds. The first-order valence-electron chi connectivity index (χ1n) is 7.57. The molecule has 5 nitrogen and oxygen atoms in total. The molecular formula is C19H16BrN2O3+. The molecular weight excluding hydrogens is 384 g/mol. The van der Waals surface area contributed by atoms with Crippen LogP contribution in [-0.2, 0) is 9.63 Å². The van der Waals surface area contributed by atoms with Gasteiger partial charge in [0.25, 0.3) is 0 Å². The topological polar surface area (TPSA) is 75.5 Å². The Kier molecular flexibility index (Phi) is 5.30. The van der Waals surface area contributed by atoms with Gasteiger partial charge < -0.3 is 4.74 Å². The molecule has 0 aliphatic rings. The SMILES string of the molecule is NC(=[NH+]OC(=O)COc1ccc2ccccc2c1)c1ccc(Br)cc1. The Hall–Kier alpha value is -2.86. The first-order valence-corrected chi connectivity index (χ1v) is 8.37. The van der Waals surface area contributed by atoms with Crippen molar-refractivity contribution in [1.29, 1.82) is 0 Å². The third kappa shape index (κ3) is 4.58. The van der Waals surface area contributed by atoms with Crippen molar-refractivity contribution in [1.82, 2.24) is 0 Å². The van der Waals surface area contributed by atoms with Gasteiger partial charge in [0.05, 0.1) is 5.56 Å². The van der Waals surface area contributed by atoms with Gasteiger partial charge in [-0.05, 0) is 47.2 Å². The molecule has 6 heteroatoms. The average molecular weight is 400 g/mol. The van der Waals surface area contributed by atoms with Crippen LogP contribution in [0.25, 0.3) is 10.8 Å². The molecule has 0 aromatic heterocycles. The lowest BCUT2D eigenvalue weighted by molar-refractivity contribution is -0.724. The molecule has 25 heavy (non-hydrogen) atoms. The normalized spacial score (nSPS) is 11.3. The smallest absolute Gasteiger partial charge is 0.394 e. The van der Waals surface area contributed by atoms with E-state index in [-0.39, 0.29) is 12.4 Å². The van der Waals surface area contributed by atoms with E-state index in [1.54, 1.807) is 12.1 Å². The highest BCUT2D eigenvalue weighted by atomic mass is 79.9. The van der Waals surface area contributed by atoms with E-state index in [0.717, 1.165) is 15.2 Å². The van der Waals surface area contributed by atoms with Gasteiger partial charge in [0.1, 0.15) is 5.75 Å². The minimum atomic E-state index is -0.576. The second-order valence-electron chi connectivity index (χ2n) is 5.29. The zero-order valence-electron chi connectivity index (χ0n) is 13.2. The van der Waals surface area contributed by atoms with E-state index < -0.39 is 5.97 Å². The van der Waals surface area contributed by atoms with Crippen molar-refractivity contribution in [2.24, 2.45) is 5.73 Å². The van der Waals surface area contributed by atoms with Crippen molar-refractivity contribution >= 4 is 38.5 Å². The second-order valence-corrected chi connectivity index (χ2v) is 6.21. The van der Waals surface area contributed by atoms with Gasteiger partial charge in [0, 0.05) is 4.47 Å². The number of amidine groups is 1. The number of nitrogens with one attached hydrogen (secondary N) is 1. The number of carbonyl (C=O) groups is 1. The van der Waals surface area contributed by atoms with E-state index in [2.05, 4.69) is 21.1 Å². The van der Waals surface area contributed by atoms with Crippen molar-refractivity contribution in [2.45, 2.75) is 0 Å². The zero-order valence-corrected chi connectivity index (χ0v) is 14.8. The van der Waals surface area contributed by atoms with Gasteiger partial charge in [0.2, 0.25) is 0 Å². The summed E-state index contributed by atoms with van der Waals surface area (Å²) in [7, 11) is 0. The van der Waals surface area contributed by atoms with Gasteiger partial charge in [-0.3, -0.25) is 10.6 Å². The second kappa shape index (κ2) is 7.81. The predicted molar refractivity (Wildman–Crippen MR) is 98.9 cm³/mol. The zero-order chi connectivity index (χ0) is 17.6. The fourth-order valence-corrected chi connectivity index (χ4v) is 2.49. The van der Waals surface area contributed by atoms with E-state index in [0.29, 0.717) is 11.3 Å². The molecule has 0 heterocycles. The Morgan fingerprint density at radius 1 is 1.00 bits per heavy atom. The van der Waals surface area contributed by atoms with Crippen LogP contribution in [0.15, 0.2) is 71.2 Å². The number of ether oxygens (including phenoxy) is 1. The number of rotatable bonds is 5. The molecule has 3 aromatic carbocycles. The number of benzene rings is 3. The van der Waals surface area contributed by atoms with E-state index in [4.69, 9.17) is 15.3 Å². The summed E-state index contributed by atoms with van der Waals surface area (Å²) in [5.74, 6) is 0.264. The summed E-state index contributed by atoms with van der Waals surface area (Å²) < 4.78 is 6.39. The van der Waals surface area contributed by atoms with Crippen LogP contribution in [-0.4, -0.2) is 18.4 Å². The van der Waals surface area contributed by atoms with Gasteiger partial charge in [-0.1, -0.05) is 51.4 Å². The lowest BCUT2D eigenvalue weighted by Crippen LogP contribution is -2.76. The highest BCUT2D eigenvalue weighted by molar-refractivity contribution is 9.10. The fraction of sp³-hybridized carbons (Fsp3) is 0.0526. The minimum absolute atomic E-state index is 0.223. The Morgan fingerprint density at radius 2 is 1.72 bits per heavy atom. The quantitative estimate of drug-likeness (QED) is 0.297. The van der Waals surface area contributed by atoms with E-state index in [9.17, 15) is 4.79 Å². The standard InChI is InChI=1S/C19H15BrN2O3/c20-16-8-5-14(6-9-16)19(21)22-25-18(23)12-24-17-10-7-13-3-1-2-4-15(13)11-17/h1-11H,12H2,(H2,21,22)/p+1. The van der Waals surface area contributed by atoms with Gasteiger partial charge in [-0.25, -0.2) is 4.79 Å². The van der Waals surface area contributed by atoms with Gasteiger partial charge in [-0.15, -0.1) is 0 Å². The third-order valence-corrected chi connectivity index (χ3v) is 4.04. The number of carbonyl (C=O) groups excluding carboxylic acids is 1. The van der Waals surface area contributed by atoms with Crippen molar-refractivity contribution in [3.8, 4) is 5.75 Å². The minimum Gasteiger partial charge on any atom is -0.482 e. The molecule has 3 N–H and O–H groups in total. The first-order chi connectivity index (χ1) is 12.1. The first kappa shape index (κ1) is 17.0. The fourth-order valence-electron chi connectivity index (χ4n) is 2.23. The lowest BCUT2D eigenvalue weighted by atomic mass is 10.1. The van der Waals surface area contributed by atoms with Crippen LogP contribution in [0, 0.1) is 0 Å². The molecule has 0 saturated heterocycles. The molecule has 0 bridgehead atoms. The monoisotopic (exact) mass is 399 g/mol. The molecule has 3 rings (SSSR count). The maximum Gasteiger partial charge on any atom is 0.394 e. The molecule has 3 aromatic rings. The van der Waals surface area contributed by atoms with Gasteiger partial charge in [-0.2, -0.15) is 0 Å². The van der Waals surface area contributed by atoms with Crippen molar-refractivity contribution in [3.63, 3.8) is 0 Å². The van der Waals surface area contributed by atoms with Crippen molar-refractivity contribution in [2.75, 3.05) is 6.61 Å². The number of fused-ring (bicyclic) bond motifs is 1. The largest absolute Gasteiger partial charge is 0.482 e. The van der Waals surface area contributed by atoms with E-state index in [1.807, 2.05) is 54.6 Å². The molecule has 0 saturated carbocycles. The Balaban J connectivity index is 1.56. The third-order valence-electron chi connectivity index (χ3n) is 3.51. The van der Waals surface area contributed by atoms with Crippen LogP contribution in [0.4, 0.5) is 0 Å². The number of hydrogen-bond acceptors (Lipinski definition) is 3. The number of nitrogens with two attached hydrogens (primary N) is 1. The Bertz CT molecular complexity index is 923. The maximum absolute atomic E-state index is 11.8. The summed E-state index contributed by atoms with van der Waals surface area (Å²) in [5, 5.41) is 4.58. The molecule has 0 aliphatic carbocycles. The summed E-state index contributed by atoms with van der Waals surface area (Å²) in [6, 6.07) is 20.8. The molecule has 0 radical (unpaired) electrons. The molecule has 0 aliphatic heterocycles. The van der Waals surface area contributed by atoms with Crippen LogP contribution in [0.5, 0.6) is 5.75 Å². The lowest BCUT2D eigenvalue weighted by Gasteiger charge is -2.05. The van der Waals surface area contributed by atoms with Gasteiger partial charge in [0.15, 0.2) is 6.61 Å². The summed E-state index contributed by atoms with van der Waals surface area (Å²) in [5.41, 5.74) is 6.55. The molecule has 0 unspecified atom stereocenters. The summed E-state index contributed by atoms with van der Waals surface area (Å²) >= 11 is 3.34. The summed E-state index contributed by atoms with van der Waals surface area (Å²) in [6.07, 6.45) is 0. The summed E-state index contributed by atoms with van der Waals surface area (Å²) in [4.78, 5) is 16.7. The Morgan fingerprint density at radius 3 is 2.48 bits per heavy atom. The highest BCUT2D eigenvalue weighted by Crippen LogP contribution is 2.20. The molecule has 0 spiro atoms. The maximum atomic E-state index is 11.8. The van der Waals surface area contributed by atoms with Crippen LogP contribution >= 0.6 is 15.9 Å². The van der Waals surface area contributed by atoms with Gasteiger partial charge >= 0.3 is 11.8 Å². The van der Waals surface area contributed by atoms with Crippen molar-refractivity contribution in [3.05, 3.63) is 76.8 Å². The molecule has 126 valence electrons. The number of hydrogen-bond donors (Lipinski definition) is 2. The van der Waals surface area contributed by atoms with Crippen LogP contribution in [0.2, 0.25) is 0 Å². The van der Waals surface area contributed by atoms with Crippen LogP contribution < -0.4 is 15.6 Å². The summed E-state index contributed by atoms with van der Waals surface area (Å²) in [6.45, 7) is -0.223. The van der Waals surface area contributed by atoms with Crippen LogP contribution in [0.1, 0.15) is 5.56 Å². The molecule has 0 fully saturated rings. The van der Waals surface area contributed by atoms with Crippen molar-refractivity contribution < 1.29 is 19.5 Å². The highest BCUT2D eigenvalue weighted by Gasteiger charge is 2.09. The molecule has 0 atom stereocenters. The number of nitrogen functional groups attached to an aromatic ring is 1. The number of halogens is 1. The van der Waals surface area contributed by atoms with E-state index >= 15 is 0 Å².